The molecule has 18 nitrogen and oxygen atoms in total. The van der Waals surface area contributed by atoms with Crippen molar-refractivity contribution in [2.75, 3.05) is 18.9 Å². The summed E-state index contributed by atoms with van der Waals surface area (Å²) in [4.78, 5) is 35.7. The number of benzene rings is 4. The Morgan fingerprint density at radius 3 is 1.50 bits per heavy atom. The maximum Gasteiger partial charge on any atom is 1.00 e. The molecule has 0 saturated carbocycles. The Kier molecular flexibility index (Phi) is 33.9. The minimum Gasteiger partial charge on any atom is -0.870 e. The summed E-state index contributed by atoms with van der Waals surface area (Å²) < 4.78 is 12.3. The number of aryl methyl sites for hydroxylation is 2. The zero-order valence-electron chi connectivity index (χ0n) is 34.9. The molecular weight excluding hydrogens is 806 g/mol. The third-order valence-corrected chi connectivity index (χ3v) is 6.57. The van der Waals surface area contributed by atoms with E-state index in [0.29, 0.717) is 41.7 Å². The number of nitrogen functional groups attached to an aromatic ring is 1. The number of nitrogens with two attached hydrogens (primary N) is 1. The zero-order valence-corrected chi connectivity index (χ0v) is 36.9. The Morgan fingerprint density at radius 2 is 1.15 bits per heavy atom. The number of hydrogen-bond acceptors (Lipinski definition) is 13. The Morgan fingerprint density at radius 1 is 0.758 bits per heavy atom. The minimum absolute atomic E-state index is 0. The SMILES string of the molecule is C.CC#CC(=O)OCC.CC#N.CCOC(=O)c1c(C)nnn1-c1ccccc1.Cc1nnn(-c2ccccc2)c1C(=O)O.Nc1ccccc1.[N-]=[N+]=Nc1ccccc1.[Na+].[OH-]. The van der Waals surface area contributed by atoms with Crippen LogP contribution in [0, 0.1) is 37.0 Å². The van der Waals surface area contributed by atoms with E-state index in [4.69, 9.17) is 26.4 Å². The van der Waals surface area contributed by atoms with Crippen LogP contribution >= 0.6 is 0 Å². The number of hydrogen-bond donors (Lipinski definition) is 2. The molecule has 0 unspecified atom stereocenters. The van der Waals surface area contributed by atoms with Crippen LogP contribution in [-0.2, 0) is 14.3 Å². The van der Waals surface area contributed by atoms with Crippen molar-refractivity contribution in [2.45, 2.75) is 49.0 Å². The van der Waals surface area contributed by atoms with Crippen molar-refractivity contribution in [2.24, 2.45) is 5.11 Å². The second-order valence-corrected chi connectivity index (χ2v) is 10.8. The van der Waals surface area contributed by atoms with Gasteiger partial charge < -0.3 is 25.8 Å². The number of carbonyl (C=O) groups is 3. The number of para-hydroxylation sites is 3. The van der Waals surface area contributed by atoms with E-state index in [1.54, 1.807) is 65.0 Å². The molecule has 0 fully saturated rings. The van der Waals surface area contributed by atoms with Crippen LogP contribution in [0.15, 0.2) is 126 Å². The number of esters is 2. The first-order chi connectivity index (χ1) is 28.5. The number of ether oxygens (including phenoxy) is 2. The van der Waals surface area contributed by atoms with Gasteiger partial charge in [-0.3, -0.25) is 0 Å². The van der Waals surface area contributed by atoms with Gasteiger partial charge in [-0.25, -0.2) is 23.7 Å². The number of carbonyl (C=O) groups excluding carboxylic acids is 2. The van der Waals surface area contributed by atoms with Gasteiger partial charge in [0, 0.05) is 29.1 Å². The van der Waals surface area contributed by atoms with Gasteiger partial charge >= 0.3 is 47.5 Å². The van der Waals surface area contributed by atoms with Crippen molar-refractivity contribution in [3.63, 3.8) is 0 Å². The molecule has 19 heteroatoms. The fourth-order valence-corrected chi connectivity index (χ4v) is 4.16. The van der Waals surface area contributed by atoms with E-state index in [1.807, 2.05) is 97.1 Å². The van der Waals surface area contributed by atoms with E-state index in [0.717, 1.165) is 11.4 Å². The van der Waals surface area contributed by atoms with E-state index < -0.39 is 17.9 Å². The van der Waals surface area contributed by atoms with Gasteiger partial charge in [0.2, 0.25) is 0 Å². The number of aromatic carboxylic acids is 1. The van der Waals surface area contributed by atoms with Crippen molar-refractivity contribution in [3.05, 3.63) is 155 Å². The minimum atomic E-state index is -1.03. The second kappa shape index (κ2) is 35.6. The predicted molar refractivity (Wildman–Crippen MR) is 231 cm³/mol. The molecule has 2 heterocycles. The van der Waals surface area contributed by atoms with Gasteiger partial charge in [-0.05, 0) is 76.5 Å². The standard InChI is InChI=1S/C12H13N3O2.C10H9N3O2.C6H5N3.C6H7N.C6H8O2.C2H3N.CH4.Na.H2O/c1-3-17-12(16)11-9(2)13-14-15(11)10-7-5-4-6-8-10;1-7-9(10(14)15)13(12-11-7)8-5-3-2-4-6-8;7-9-8-6-4-2-1-3-5-6;7-6-4-2-1-3-5-6;1-3-5-6(7)8-4-2;1-2-3;;;/h4-8H,3H2,1-2H3;2-6H,1H3,(H,14,15);1-5H;1-5H,7H2;4H2,1-2H3;1H3;1H4;;1H2/q;;;;;;;+1;/p-1. The van der Waals surface area contributed by atoms with Crippen molar-refractivity contribution in [1.29, 1.82) is 5.26 Å². The van der Waals surface area contributed by atoms with Gasteiger partial charge in [0.1, 0.15) is 0 Å². The number of anilines is 1. The first-order valence-corrected chi connectivity index (χ1v) is 17.7. The van der Waals surface area contributed by atoms with Crippen molar-refractivity contribution in [1.82, 2.24) is 30.0 Å². The molecule has 62 heavy (non-hydrogen) atoms. The molecule has 0 spiro atoms. The van der Waals surface area contributed by atoms with Crippen LogP contribution in [-0.4, -0.2) is 71.7 Å². The Hall–Kier alpha value is -7.31. The average Bonchev–Trinajstić information content (AvgIpc) is 3.83. The molecule has 0 atom stereocenters. The molecule has 0 aliphatic heterocycles. The van der Waals surface area contributed by atoms with Gasteiger partial charge in [0.15, 0.2) is 11.4 Å². The third kappa shape index (κ3) is 22.7. The van der Waals surface area contributed by atoms with E-state index in [-0.39, 0.29) is 48.2 Å². The number of nitrogens with zero attached hydrogens (tertiary/aromatic N) is 10. The summed E-state index contributed by atoms with van der Waals surface area (Å²) in [6.45, 7) is 10.6. The van der Waals surface area contributed by atoms with Crippen LogP contribution in [0.4, 0.5) is 11.4 Å². The second-order valence-electron chi connectivity index (χ2n) is 10.8. The molecular formula is C43H50N11NaO7. The summed E-state index contributed by atoms with van der Waals surface area (Å²) in [5, 5.41) is 35.1. The van der Waals surface area contributed by atoms with Crippen LogP contribution in [0.25, 0.3) is 21.8 Å². The van der Waals surface area contributed by atoms with E-state index >= 15 is 0 Å². The number of nitriles is 1. The fraction of sp³-hybridized carbons (Fsp3) is 0.209. The topological polar surface area (TPSA) is 280 Å². The summed E-state index contributed by atoms with van der Waals surface area (Å²) in [5.41, 5.74) is 17.7. The van der Waals surface area contributed by atoms with Crippen molar-refractivity contribution >= 4 is 29.3 Å². The quantitative estimate of drug-likeness (QED) is 0.0294. The van der Waals surface area contributed by atoms with Crippen molar-refractivity contribution in [3.8, 4) is 29.3 Å². The molecule has 0 aliphatic carbocycles. The number of carboxylic acids is 1. The van der Waals surface area contributed by atoms with Crippen LogP contribution < -0.4 is 35.3 Å². The van der Waals surface area contributed by atoms with Gasteiger partial charge in [0.25, 0.3) is 0 Å². The predicted octanol–water partition coefficient (Wildman–Crippen LogP) is 5.49. The molecule has 0 aliphatic rings. The van der Waals surface area contributed by atoms with E-state index in [1.165, 1.54) is 16.3 Å². The number of azide groups is 1. The monoisotopic (exact) mass is 855 g/mol. The van der Waals surface area contributed by atoms with E-state index in [2.05, 4.69) is 47.2 Å². The number of carboxylic acid groups (broad SMARTS) is 1. The summed E-state index contributed by atoms with van der Waals surface area (Å²) in [6.07, 6.45) is 0. The molecule has 0 amide bonds. The maximum absolute atomic E-state index is 11.8. The molecule has 0 bridgehead atoms. The summed E-state index contributed by atoms with van der Waals surface area (Å²) in [6, 6.07) is 38.7. The van der Waals surface area contributed by atoms with Crippen LogP contribution in [0.5, 0.6) is 0 Å². The smallest absolute Gasteiger partial charge is 0.870 e. The maximum atomic E-state index is 11.8. The van der Waals surface area contributed by atoms with Crippen LogP contribution in [0.2, 0.25) is 0 Å². The molecule has 320 valence electrons. The zero-order chi connectivity index (χ0) is 43.8. The first-order valence-electron chi connectivity index (χ1n) is 17.7. The Bertz CT molecular complexity index is 2300. The molecule has 0 saturated heterocycles. The van der Waals surface area contributed by atoms with Crippen LogP contribution in [0.3, 0.4) is 0 Å². The third-order valence-electron chi connectivity index (χ3n) is 6.57. The Labute approximate surface area is 383 Å². The van der Waals surface area contributed by atoms with Crippen LogP contribution in [0.1, 0.15) is 67.5 Å². The normalized spacial score (nSPS) is 8.40. The Balaban J connectivity index is -0.000000709. The molecule has 6 rings (SSSR count). The van der Waals surface area contributed by atoms with Gasteiger partial charge in [-0.1, -0.05) is 114 Å². The summed E-state index contributed by atoms with van der Waals surface area (Å²) in [7, 11) is 0. The summed E-state index contributed by atoms with van der Waals surface area (Å²) in [5.74, 6) is 2.78. The van der Waals surface area contributed by atoms with Crippen molar-refractivity contribution < 1.29 is 64.0 Å². The molecule has 4 aromatic carbocycles. The average molecular weight is 856 g/mol. The van der Waals surface area contributed by atoms with E-state index in [9.17, 15) is 14.4 Å². The first kappa shape index (κ1) is 59.0. The van der Waals surface area contributed by atoms with Gasteiger partial charge in [0.05, 0.1) is 42.0 Å². The fourth-order valence-electron chi connectivity index (χ4n) is 4.16. The van der Waals surface area contributed by atoms with Gasteiger partial charge in [-0.2, -0.15) is 5.26 Å². The number of rotatable bonds is 7. The summed E-state index contributed by atoms with van der Waals surface area (Å²) >= 11 is 0. The molecule has 4 N–H and O–H groups in total. The number of aromatic nitrogens is 6. The van der Waals surface area contributed by atoms with Gasteiger partial charge in [-0.15, -0.1) is 10.2 Å². The molecule has 0 radical (unpaired) electrons. The molecule has 2 aromatic heterocycles. The largest absolute Gasteiger partial charge is 1.00 e. The molecule has 6 aromatic rings.